The number of aryl methyl sites for hydroxylation is 2. The van der Waals surface area contributed by atoms with Crippen molar-refractivity contribution in [1.29, 1.82) is 0 Å². The summed E-state index contributed by atoms with van der Waals surface area (Å²) in [6, 6.07) is 4.78. The summed E-state index contributed by atoms with van der Waals surface area (Å²) in [5, 5.41) is 1.37. The van der Waals surface area contributed by atoms with Crippen molar-refractivity contribution in [3.05, 3.63) is 33.4 Å². The van der Waals surface area contributed by atoms with Crippen molar-refractivity contribution in [2.75, 3.05) is 6.54 Å². The SMILES string of the molecule is Cc1c(Br)c2cc(C(C)(C)CCN)cc3c2n1CCC3. The summed E-state index contributed by atoms with van der Waals surface area (Å²) >= 11 is 3.80. The van der Waals surface area contributed by atoms with Gasteiger partial charge in [0.05, 0.1) is 5.52 Å². The summed E-state index contributed by atoms with van der Waals surface area (Å²) in [6.45, 7) is 8.70. The van der Waals surface area contributed by atoms with Gasteiger partial charge in [0.25, 0.3) is 0 Å². The normalized spacial score (nSPS) is 15.1. The molecule has 1 aliphatic rings. The number of benzene rings is 1. The van der Waals surface area contributed by atoms with Gasteiger partial charge in [-0.1, -0.05) is 19.9 Å². The zero-order valence-electron chi connectivity index (χ0n) is 12.6. The highest BCUT2D eigenvalue weighted by atomic mass is 79.9. The van der Waals surface area contributed by atoms with Crippen LogP contribution in [0.2, 0.25) is 0 Å². The third-order valence-corrected chi connectivity index (χ3v) is 5.80. The molecule has 0 unspecified atom stereocenters. The van der Waals surface area contributed by atoms with Crippen LogP contribution in [-0.2, 0) is 18.4 Å². The molecule has 2 aromatic rings. The molecule has 0 aliphatic carbocycles. The van der Waals surface area contributed by atoms with E-state index in [-0.39, 0.29) is 5.41 Å². The molecule has 108 valence electrons. The largest absolute Gasteiger partial charge is 0.343 e. The molecule has 0 saturated carbocycles. The van der Waals surface area contributed by atoms with E-state index in [0.717, 1.165) is 19.5 Å². The lowest BCUT2D eigenvalue weighted by molar-refractivity contribution is 0.487. The van der Waals surface area contributed by atoms with Crippen LogP contribution in [0, 0.1) is 6.92 Å². The van der Waals surface area contributed by atoms with Crippen molar-refractivity contribution in [3.8, 4) is 0 Å². The Hall–Kier alpha value is -0.800. The van der Waals surface area contributed by atoms with Crippen LogP contribution in [0.5, 0.6) is 0 Å². The van der Waals surface area contributed by atoms with Gasteiger partial charge in [0.15, 0.2) is 0 Å². The monoisotopic (exact) mass is 334 g/mol. The van der Waals surface area contributed by atoms with Crippen molar-refractivity contribution in [1.82, 2.24) is 4.57 Å². The number of hydrogen-bond donors (Lipinski definition) is 1. The Bertz CT molecular complexity index is 667. The fourth-order valence-corrected chi connectivity index (χ4v) is 3.97. The average molecular weight is 335 g/mol. The highest BCUT2D eigenvalue weighted by molar-refractivity contribution is 9.10. The van der Waals surface area contributed by atoms with E-state index in [0.29, 0.717) is 0 Å². The number of nitrogens with zero attached hydrogens (tertiary/aromatic N) is 1. The maximum absolute atomic E-state index is 5.79. The third kappa shape index (κ3) is 2.03. The number of aromatic nitrogens is 1. The lowest BCUT2D eigenvalue weighted by Gasteiger charge is -2.27. The second kappa shape index (κ2) is 4.88. The van der Waals surface area contributed by atoms with Crippen LogP contribution in [0.25, 0.3) is 10.9 Å². The van der Waals surface area contributed by atoms with Crippen LogP contribution >= 0.6 is 15.9 Å². The van der Waals surface area contributed by atoms with Gasteiger partial charge in [-0.2, -0.15) is 0 Å². The van der Waals surface area contributed by atoms with Crippen molar-refractivity contribution in [3.63, 3.8) is 0 Å². The van der Waals surface area contributed by atoms with Gasteiger partial charge in [-0.3, -0.25) is 0 Å². The molecule has 0 bridgehead atoms. The Balaban J connectivity index is 2.27. The van der Waals surface area contributed by atoms with E-state index in [1.54, 1.807) is 0 Å². The highest BCUT2D eigenvalue weighted by Crippen LogP contribution is 2.39. The fraction of sp³-hybridized carbons (Fsp3) is 0.529. The van der Waals surface area contributed by atoms with Gasteiger partial charge in [0.2, 0.25) is 0 Å². The molecule has 1 aromatic heterocycles. The van der Waals surface area contributed by atoms with Gasteiger partial charge in [0.1, 0.15) is 0 Å². The molecule has 20 heavy (non-hydrogen) atoms. The van der Waals surface area contributed by atoms with Crippen LogP contribution in [0.15, 0.2) is 16.6 Å². The third-order valence-electron chi connectivity index (χ3n) is 4.80. The minimum atomic E-state index is 0.145. The molecule has 0 atom stereocenters. The first-order chi connectivity index (χ1) is 9.45. The van der Waals surface area contributed by atoms with Crippen molar-refractivity contribution < 1.29 is 0 Å². The molecule has 3 heteroatoms. The fourth-order valence-electron chi connectivity index (χ4n) is 3.46. The van der Waals surface area contributed by atoms with Crippen molar-refractivity contribution in [2.45, 2.75) is 52.0 Å². The standard InChI is InChI=1S/C17H23BrN2/c1-11-15(18)14-10-13(17(2,3)6-7-19)9-12-5-4-8-20(11)16(12)14/h9-10H,4-8,19H2,1-3H3. The Kier molecular flexibility index (Phi) is 3.46. The summed E-state index contributed by atoms with van der Waals surface area (Å²) in [6.07, 6.45) is 3.46. The zero-order valence-corrected chi connectivity index (χ0v) is 14.2. The van der Waals surface area contributed by atoms with Crippen LogP contribution < -0.4 is 5.73 Å². The van der Waals surface area contributed by atoms with E-state index in [1.807, 2.05) is 0 Å². The summed E-state index contributed by atoms with van der Waals surface area (Å²) in [7, 11) is 0. The quantitative estimate of drug-likeness (QED) is 0.891. The number of nitrogens with two attached hydrogens (primary N) is 1. The molecule has 2 heterocycles. The minimum Gasteiger partial charge on any atom is -0.343 e. The van der Waals surface area contributed by atoms with Gasteiger partial charge < -0.3 is 10.3 Å². The molecule has 0 radical (unpaired) electrons. The summed E-state index contributed by atoms with van der Waals surface area (Å²) in [5.74, 6) is 0. The van der Waals surface area contributed by atoms with Crippen molar-refractivity contribution in [2.24, 2.45) is 5.73 Å². The second-order valence-corrected chi connectivity index (χ2v) is 7.40. The maximum Gasteiger partial charge on any atom is 0.0526 e. The van der Waals surface area contributed by atoms with Crippen molar-refractivity contribution >= 4 is 26.8 Å². The Morgan fingerprint density at radius 3 is 2.80 bits per heavy atom. The van der Waals surface area contributed by atoms with Gasteiger partial charge in [-0.25, -0.2) is 0 Å². The molecular formula is C17H23BrN2. The first-order valence-corrected chi connectivity index (χ1v) is 8.27. The molecule has 0 saturated heterocycles. The van der Waals surface area contributed by atoms with E-state index >= 15 is 0 Å². The lowest BCUT2D eigenvalue weighted by Crippen LogP contribution is -2.22. The van der Waals surface area contributed by atoms with Crippen LogP contribution in [0.1, 0.15) is 43.5 Å². The smallest absolute Gasteiger partial charge is 0.0526 e. The van der Waals surface area contributed by atoms with Crippen LogP contribution in [0.4, 0.5) is 0 Å². The van der Waals surface area contributed by atoms with Crippen LogP contribution in [0.3, 0.4) is 0 Å². The molecule has 2 N–H and O–H groups in total. The average Bonchev–Trinajstić information content (AvgIpc) is 2.66. The van der Waals surface area contributed by atoms with E-state index in [2.05, 4.69) is 53.4 Å². The Morgan fingerprint density at radius 1 is 1.35 bits per heavy atom. The molecule has 1 aliphatic heterocycles. The zero-order chi connectivity index (χ0) is 14.5. The molecule has 0 spiro atoms. The second-order valence-electron chi connectivity index (χ2n) is 6.61. The predicted octanol–water partition coefficient (Wildman–Crippen LogP) is 4.28. The summed E-state index contributed by atoms with van der Waals surface area (Å²) in [5.41, 5.74) is 11.7. The van der Waals surface area contributed by atoms with E-state index in [9.17, 15) is 0 Å². The van der Waals surface area contributed by atoms with Crippen LogP contribution in [-0.4, -0.2) is 11.1 Å². The molecule has 2 nitrogen and oxygen atoms in total. The highest BCUT2D eigenvalue weighted by Gasteiger charge is 2.25. The molecule has 3 rings (SSSR count). The van der Waals surface area contributed by atoms with Gasteiger partial charge in [-0.05, 0) is 71.3 Å². The van der Waals surface area contributed by atoms with E-state index in [4.69, 9.17) is 5.73 Å². The number of rotatable bonds is 3. The van der Waals surface area contributed by atoms with Gasteiger partial charge in [0, 0.05) is 22.1 Å². The van der Waals surface area contributed by atoms with Gasteiger partial charge in [-0.15, -0.1) is 0 Å². The molecule has 1 aromatic carbocycles. The topological polar surface area (TPSA) is 30.9 Å². The minimum absolute atomic E-state index is 0.145. The lowest BCUT2D eigenvalue weighted by atomic mass is 9.80. The Morgan fingerprint density at radius 2 is 2.10 bits per heavy atom. The Labute approximate surface area is 129 Å². The number of halogens is 1. The first kappa shape index (κ1) is 14.2. The van der Waals surface area contributed by atoms with Gasteiger partial charge >= 0.3 is 0 Å². The summed E-state index contributed by atoms with van der Waals surface area (Å²) < 4.78 is 3.74. The predicted molar refractivity (Wildman–Crippen MR) is 89.4 cm³/mol. The first-order valence-electron chi connectivity index (χ1n) is 7.47. The summed E-state index contributed by atoms with van der Waals surface area (Å²) in [4.78, 5) is 0. The maximum atomic E-state index is 5.79. The van der Waals surface area contributed by atoms with E-state index < -0.39 is 0 Å². The number of hydrogen-bond acceptors (Lipinski definition) is 1. The molecule has 0 amide bonds. The van der Waals surface area contributed by atoms with E-state index in [1.165, 1.54) is 45.0 Å². The molecule has 0 fully saturated rings. The molecular weight excluding hydrogens is 312 g/mol.